The second-order valence-electron chi connectivity index (χ2n) is 3.76. The van der Waals surface area contributed by atoms with Gasteiger partial charge in [0.15, 0.2) is 17.8 Å². The van der Waals surface area contributed by atoms with Crippen LogP contribution in [0.3, 0.4) is 0 Å². The minimum absolute atomic E-state index is 0.234. The van der Waals surface area contributed by atoms with E-state index >= 15 is 0 Å². The minimum Gasteiger partial charge on any atom is -0.461 e. The van der Waals surface area contributed by atoms with E-state index in [0.29, 0.717) is 12.4 Å². The average molecular weight is 245 g/mol. The topological polar surface area (TPSA) is 52.3 Å². The molecule has 94 valence electrons. The highest BCUT2D eigenvalue weighted by atomic mass is 16.5. The highest BCUT2D eigenvalue weighted by Crippen LogP contribution is 2.27. The number of oxazole rings is 1. The van der Waals surface area contributed by atoms with Gasteiger partial charge < -0.3 is 9.15 Å². The van der Waals surface area contributed by atoms with Crippen molar-refractivity contribution in [3.05, 3.63) is 41.9 Å². The molecular formula is C14H15NO3. The number of esters is 1. The van der Waals surface area contributed by atoms with Crippen LogP contribution in [-0.2, 0) is 11.2 Å². The Labute approximate surface area is 106 Å². The number of nitrogens with zero attached hydrogens (tertiary/aromatic N) is 1. The second-order valence-corrected chi connectivity index (χ2v) is 3.76. The molecule has 1 heterocycles. The number of rotatable bonds is 4. The first-order valence-electron chi connectivity index (χ1n) is 5.96. The van der Waals surface area contributed by atoms with Gasteiger partial charge in [-0.15, -0.1) is 0 Å². The van der Waals surface area contributed by atoms with Crippen LogP contribution in [0.4, 0.5) is 0 Å². The van der Waals surface area contributed by atoms with Gasteiger partial charge in [0.05, 0.1) is 6.61 Å². The van der Waals surface area contributed by atoms with E-state index in [0.717, 1.165) is 17.5 Å². The van der Waals surface area contributed by atoms with Crippen molar-refractivity contribution in [1.29, 1.82) is 0 Å². The van der Waals surface area contributed by atoms with E-state index in [1.54, 1.807) is 6.92 Å². The van der Waals surface area contributed by atoms with Crippen LogP contribution in [-0.4, -0.2) is 17.6 Å². The van der Waals surface area contributed by atoms with Gasteiger partial charge in [-0.25, -0.2) is 9.78 Å². The van der Waals surface area contributed by atoms with Crippen LogP contribution in [0.15, 0.2) is 35.1 Å². The Morgan fingerprint density at radius 3 is 2.83 bits per heavy atom. The minimum atomic E-state index is -0.452. The standard InChI is InChI=1S/C14H15NO3/c1-3-10-7-5-6-8-11(10)13-12(15-9-18-13)14(16)17-4-2/h5-9H,3-4H2,1-2H3. The predicted molar refractivity (Wildman–Crippen MR) is 67.3 cm³/mol. The lowest BCUT2D eigenvalue weighted by Gasteiger charge is -2.06. The van der Waals surface area contributed by atoms with Crippen molar-refractivity contribution in [2.24, 2.45) is 0 Å². The van der Waals surface area contributed by atoms with Crippen LogP contribution in [0, 0.1) is 0 Å². The van der Waals surface area contributed by atoms with Crippen molar-refractivity contribution >= 4 is 5.97 Å². The molecule has 0 aliphatic heterocycles. The largest absolute Gasteiger partial charge is 0.461 e. The third-order valence-corrected chi connectivity index (χ3v) is 2.68. The SMILES string of the molecule is CCOC(=O)c1ncoc1-c1ccccc1CC. The molecule has 0 aliphatic carbocycles. The molecule has 0 fully saturated rings. The third-order valence-electron chi connectivity index (χ3n) is 2.68. The van der Waals surface area contributed by atoms with E-state index in [1.165, 1.54) is 6.39 Å². The summed E-state index contributed by atoms with van der Waals surface area (Å²) in [4.78, 5) is 15.7. The lowest BCUT2D eigenvalue weighted by atomic mass is 10.0. The maximum atomic E-state index is 11.8. The van der Waals surface area contributed by atoms with Gasteiger partial charge in [0.2, 0.25) is 0 Å². The Balaban J connectivity index is 2.45. The van der Waals surface area contributed by atoms with Crippen LogP contribution in [0.2, 0.25) is 0 Å². The van der Waals surface area contributed by atoms with Crippen molar-refractivity contribution in [2.75, 3.05) is 6.61 Å². The molecule has 0 saturated carbocycles. The zero-order valence-corrected chi connectivity index (χ0v) is 10.5. The highest BCUT2D eigenvalue weighted by Gasteiger charge is 2.20. The summed E-state index contributed by atoms with van der Waals surface area (Å²) in [5.41, 5.74) is 2.23. The summed E-state index contributed by atoms with van der Waals surface area (Å²) in [6.45, 7) is 4.14. The van der Waals surface area contributed by atoms with Crippen molar-refractivity contribution in [3.63, 3.8) is 0 Å². The molecular weight excluding hydrogens is 230 g/mol. The summed E-state index contributed by atoms with van der Waals surface area (Å²) in [5.74, 6) is 0.0260. The van der Waals surface area contributed by atoms with Crippen molar-refractivity contribution < 1.29 is 13.9 Å². The fourth-order valence-corrected chi connectivity index (χ4v) is 1.83. The molecule has 0 unspecified atom stereocenters. The predicted octanol–water partition coefficient (Wildman–Crippen LogP) is 3.08. The van der Waals surface area contributed by atoms with Gasteiger partial charge in [-0.3, -0.25) is 0 Å². The monoisotopic (exact) mass is 245 g/mol. The average Bonchev–Trinajstić information content (AvgIpc) is 2.88. The normalized spacial score (nSPS) is 10.3. The summed E-state index contributed by atoms with van der Waals surface area (Å²) in [6.07, 6.45) is 2.13. The molecule has 0 radical (unpaired) electrons. The quantitative estimate of drug-likeness (QED) is 0.777. The molecule has 0 spiro atoms. The summed E-state index contributed by atoms with van der Waals surface area (Å²) in [6, 6.07) is 7.80. The lowest BCUT2D eigenvalue weighted by molar-refractivity contribution is 0.0520. The van der Waals surface area contributed by atoms with E-state index in [2.05, 4.69) is 11.9 Å². The smallest absolute Gasteiger partial charge is 0.360 e. The van der Waals surface area contributed by atoms with E-state index in [9.17, 15) is 4.79 Å². The number of aryl methyl sites for hydroxylation is 1. The highest BCUT2D eigenvalue weighted by molar-refractivity contribution is 5.93. The Morgan fingerprint density at radius 1 is 1.33 bits per heavy atom. The number of benzene rings is 1. The molecule has 4 heteroatoms. The second kappa shape index (κ2) is 5.49. The van der Waals surface area contributed by atoms with Crippen LogP contribution in [0.5, 0.6) is 0 Å². The van der Waals surface area contributed by atoms with Gasteiger partial charge in [-0.05, 0) is 18.9 Å². The molecule has 0 bridgehead atoms. The van der Waals surface area contributed by atoms with Crippen molar-refractivity contribution in [3.8, 4) is 11.3 Å². The van der Waals surface area contributed by atoms with E-state index in [4.69, 9.17) is 9.15 Å². The van der Waals surface area contributed by atoms with Gasteiger partial charge in [0.25, 0.3) is 0 Å². The van der Waals surface area contributed by atoms with Gasteiger partial charge in [-0.2, -0.15) is 0 Å². The third kappa shape index (κ3) is 2.27. The van der Waals surface area contributed by atoms with Gasteiger partial charge in [-0.1, -0.05) is 31.2 Å². The molecule has 0 saturated heterocycles. The summed E-state index contributed by atoms with van der Waals surface area (Å²) in [7, 11) is 0. The first kappa shape index (κ1) is 12.4. The van der Waals surface area contributed by atoms with E-state index in [-0.39, 0.29) is 5.69 Å². The molecule has 1 aromatic heterocycles. The number of carbonyl (C=O) groups is 1. The molecule has 4 nitrogen and oxygen atoms in total. The Bertz CT molecular complexity index is 545. The Hall–Kier alpha value is -2.10. The van der Waals surface area contributed by atoms with Crippen LogP contribution < -0.4 is 0 Å². The van der Waals surface area contributed by atoms with E-state index < -0.39 is 5.97 Å². The maximum absolute atomic E-state index is 11.8. The Kier molecular flexibility index (Phi) is 3.77. The lowest BCUT2D eigenvalue weighted by Crippen LogP contribution is -2.06. The zero-order valence-electron chi connectivity index (χ0n) is 10.5. The summed E-state index contributed by atoms with van der Waals surface area (Å²) in [5, 5.41) is 0. The van der Waals surface area contributed by atoms with Gasteiger partial charge >= 0.3 is 5.97 Å². The Morgan fingerprint density at radius 2 is 2.11 bits per heavy atom. The zero-order chi connectivity index (χ0) is 13.0. The van der Waals surface area contributed by atoms with Crippen LogP contribution in [0.1, 0.15) is 29.9 Å². The van der Waals surface area contributed by atoms with Crippen molar-refractivity contribution in [2.45, 2.75) is 20.3 Å². The molecule has 0 atom stereocenters. The molecule has 2 rings (SSSR count). The summed E-state index contributed by atoms with van der Waals surface area (Å²) >= 11 is 0. The molecule has 0 aliphatic rings. The number of aromatic nitrogens is 1. The molecule has 1 aromatic carbocycles. The van der Waals surface area contributed by atoms with Crippen molar-refractivity contribution in [1.82, 2.24) is 4.98 Å². The molecule has 18 heavy (non-hydrogen) atoms. The molecule has 0 amide bonds. The van der Waals surface area contributed by atoms with Gasteiger partial charge in [0.1, 0.15) is 0 Å². The summed E-state index contributed by atoms with van der Waals surface area (Å²) < 4.78 is 10.3. The van der Waals surface area contributed by atoms with Crippen LogP contribution in [0.25, 0.3) is 11.3 Å². The van der Waals surface area contributed by atoms with Crippen LogP contribution >= 0.6 is 0 Å². The van der Waals surface area contributed by atoms with E-state index in [1.807, 2.05) is 24.3 Å². The number of hydrogen-bond donors (Lipinski definition) is 0. The number of carbonyl (C=O) groups excluding carboxylic acids is 1. The fourth-order valence-electron chi connectivity index (χ4n) is 1.83. The number of ether oxygens (including phenoxy) is 1. The first-order valence-corrected chi connectivity index (χ1v) is 5.96. The van der Waals surface area contributed by atoms with Gasteiger partial charge in [0, 0.05) is 5.56 Å². The maximum Gasteiger partial charge on any atom is 0.360 e. The fraction of sp³-hybridized carbons (Fsp3) is 0.286. The first-order chi connectivity index (χ1) is 8.77. The number of hydrogen-bond acceptors (Lipinski definition) is 4. The molecule has 2 aromatic rings. The molecule has 0 N–H and O–H groups in total.